The number of nitrogens with two attached hydrogens (primary N) is 2. The Kier molecular flexibility index (Phi) is 5.84. The number of carbonyl (C=O) groups is 1. The standard InChI is InChI=1S/C13H16FN3O3S/c1-9(7-13(16)18)17-21(19,20)12-5-4-11(14)8-10(12)3-2-6-15/h4-5,8-9,17H,6-7,15H2,1H3,(H2,16,18). The first kappa shape index (κ1) is 17.1. The average molecular weight is 313 g/mol. The number of hydrogen-bond acceptors (Lipinski definition) is 4. The second kappa shape index (κ2) is 7.17. The van der Waals surface area contributed by atoms with E-state index >= 15 is 0 Å². The van der Waals surface area contributed by atoms with Crippen molar-refractivity contribution < 1.29 is 17.6 Å². The number of primary amides is 1. The molecule has 114 valence electrons. The summed E-state index contributed by atoms with van der Waals surface area (Å²) >= 11 is 0. The van der Waals surface area contributed by atoms with Gasteiger partial charge in [0, 0.05) is 18.0 Å². The van der Waals surface area contributed by atoms with Gasteiger partial charge >= 0.3 is 0 Å². The molecule has 1 atom stereocenters. The topological polar surface area (TPSA) is 115 Å². The van der Waals surface area contributed by atoms with Crippen LogP contribution in [0.1, 0.15) is 18.9 Å². The minimum Gasteiger partial charge on any atom is -0.370 e. The zero-order chi connectivity index (χ0) is 16.0. The van der Waals surface area contributed by atoms with E-state index in [0.29, 0.717) is 0 Å². The lowest BCUT2D eigenvalue weighted by Gasteiger charge is -2.13. The Hall–Kier alpha value is -1.95. The zero-order valence-corrected chi connectivity index (χ0v) is 12.2. The first-order chi connectivity index (χ1) is 9.76. The van der Waals surface area contributed by atoms with Crippen molar-refractivity contribution in [2.45, 2.75) is 24.3 Å². The van der Waals surface area contributed by atoms with Crippen molar-refractivity contribution >= 4 is 15.9 Å². The van der Waals surface area contributed by atoms with Gasteiger partial charge < -0.3 is 11.5 Å². The number of sulfonamides is 1. The monoisotopic (exact) mass is 313 g/mol. The van der Waals surface area contributed by atoms with Crippen LogP contribution >= 0.6 is 0 Å². The van der Waals surface area contributed by atoms with Crippen LogP contribution in [0.4, 0.5) is 4.39 Å². The number of hydrogen-bond donors (Lipinski definition) is 3. The smallest absolute Gasteiger partial charge is 0.242 e. The summed E-state index contributed by atoms with van der Waals surface area (Å²) in [6.07, 6.45) is -0.149. The van der Waals surface area contributed by atoms with Crippen molar-refractivity contribution in [2.75, 3.05) is 6.54 Å². The molecule has 0 aliphatic rings. The summed E-state index contributed by atoms with van der Waals surface area (Å²) in [5.41, 5.74) is 10.2. The minimum atomic E-state index is -3.95. The Balaban J connectivity index is 3.16. The molecule has 0 saturated heterocycles. The molecule has 0 radical (unpaired) electrons. The van der Waals surface area contributed by atoms with Crippen LogP contribution < -0.4 is 16.2 Å². The molecule has 1 aromatic carbocycles. The van der Waals surface area contributed by atoms with Crippen LogP contribution in [0.25, 0.3) is 0 Å². The van der Waals surface area contributed by atoms with Crippen LogP contribution in [-0.4, -0.2) is 26.9 Å². The second-order valence-corrected chi connectivity index (χ2v) is 6.02. The molecule has 6 nitrogen and oxygen atoms in total. The van der Waals surface area contributed by atoms with Crippen LogP contribution in [0.15, 0.2) is 23.1 Å². The fraction of sp³-hybridized carbons (Fsp3) is 0.308. The fourth-order valence-electron chi connectivity index (χ4n) is 1.65. The van der Waals surface area contributed by atoms with Gasteiger partial charge in [0.2, 0.25) is 15.9 Å². The first-order valence-corrected chi connectivity index (χ1v) is 7.53. The van der Waals surface area contributed by atoms with Gasteiger partial charge in [0.15, 0.2) is 0 Å². The SMILES string of the molecule is CC(CC(N)=O)NS(=O)(=O)c1ccc(F)cc1C#CCN. The molecule has 0 heterocycles. The number of halogens is 1. The Morgan fingerprint density at radius 3 is 2.71 bits per heavy atom. The minimum absolute atomic E-state index is 0.000718. The van der Waals surface area contributed by atoms with Crippen molar-refractivity contribution in [3.05, 3.63) is 29.6 Å². The molecule has 1 rings (SSSR count). The van der Waals surface area contributed by atoms with Crippen LogP contribution in [0, 0.1) is 17.7 Å². The molecule has 0 aliphatic carbocycles. The maximum absolute atomic E-state index is 13.2. The van der Waals surface area contributed by atoms with Gasteiger partial charge in [-0.05, 0) is 25.1 Å². The fourth-order valence-corrected chi connectivity index (χ4v) is 3.04. The lowest BCUT2D eigenvalue weighted by Crippen LogP contribution is -2.36. The third-order valence-corrected chi connectivity index (χ3v) is 4.07. The van der Waals surface area contributed by atoms with Gasteiger partial charge in [0.05, 0.1) is 11.4 Å². The predicted molar refractivity (Wildman–Crippen MR) is 75.9 cm³/mol. The van der Waals surface area contributed by atoms with E-state index in [4.69, 9.17) is 11.5 Å². The highest BCUT2D eigenvalue weighted by atomic mass is 32.2. The summed E-state index contributed by atoms with van der Waals surface area (Å²) in [6.45, 7) is 1.51. The molecule has 0 spiro atoms. The summed E-state index contributed by atoms with van der Waals surface area (Å²) in [4.78, 5) is 10.6. The molecule has 1 unspecified atom stereocenters. The maximum atomic E-state index is 13.2. The summed E-state index contributed by atoms with van der Waals surface area (Å²) in [5.74, 6) is 3.74. The maximum Gasteiger partial charge on any atom is 0.242 e. The summed E-state index contributed by atoms with van der Waals surface area (Å²) < 4.78 is 40.0. The summed E-state index contributed by atoms with van der Waals surface area (Å²) in [6, 6.07) is 2.44. The molecule has 0 bridgehead atoms. The third kappa shape index (κ3) is 5.15. The highest BCUT2D eigenvalue weighted by Gasteiger charge is 2.21. The number of amides is 1. The highest BCUT2D eigenvalue weighted by Crippen LogP contribution is 2.17. The predicted octanol–water partition coefficient (Wildman–Crippen LogP) is -0.322. The third-order valence-electron chi connectivity index (χ3n) is 2.42. The van der Waals surface area contributed by atoms with E-state index in [1.165, 1.54) is 6.92 Å². The van der Waals surface area contributed by atoms with Crippen LogP contribution in [-0.2, 0) is 14.8 Å². The van der Waals surface area contributed by atoms with Crippen molar-refractivity contribution in [2.24, 2.45) is 11.5 Å². The van der Waals surface area contributed by atoms with Gasteiger partial charge in [-0.3, -0.25) is 4.79 Å². The van der Waals surface area contributed by atoms with Gasteiger partial charge in [-0.2, -0.15) is 0 Å². The molecule has 0 aliphatic heterocycles. The van der Waals surface area contributed by atoms with Crippen molar-refractivity contribution in [3.8, 4) is 11.8 Å². The number of benzene rings is 1. The van der Waals surface area contributed by atoms with E-state index < -0.39 is 27.8 Å². The molecule has 0 fully saturated rings. The quantitative estimate of drug-likeness (QED) is 0.646. The van der Waals surface area contributed by atoms with Crippen molar-refractivity contribution in [1.29, 1.82) is 0 Å². The van der Waals surface area contributed by atoms with Crippen LogP contribution in [0.3, 0.4) is 0 Å². The number of rotatable bonds is 5. The van der Waals surface area contributed by atoms with Crippen LogP contribution in [0.5, 0.6) is 0 Å². The van der Waals surface area contributed by atoms with E-state index in [2.05, 4.69) is 16.6 Å². The highest BCUT2D eigenvalue weighted by molar-refractivity contribution is 7.89. The lowest BCUT2D eigenvalue weighted by atomic mass is 10.2. The van der Waals surface area contributed by atoms with Crippen LogP contribution in [0.2, 0.25) is 0 Å². The van der Waals surface area contributed by atoms with E-state index in [-0.39, 0.29) is 23.4 Å². The molecular weight excluding hydrogens is 297 g/mol. The van der Waals surface area contributed by atoms with Crippen molar-refractivity contribution in [3.63, 3.8) is 0 Å². The molecule has 1 amide bonds. The van der Waals surface area contributed by atoms with E-state index in [9.17, 15) is 17.6 Å². The Morgan fingerprint density at radius 1 is 1.48 bits per heavy atom. The van der Waals surface area contributed by atoms with Crippen molar-refractivity contribution in [1.82, 2.24) is 4.72 Å². The van der Waals surface area contributed by atoms with Gasteiger partial charge in [-0.1, -0.05) is 11.8 Å². The Bertz CT molecular complexity index is 692. The summed E-state index contributed by atoms with van der Waals surface area (Å²) in [7, 11) is -3.95. The van der Waals surface area contributed by atoms with Gasteiger partial charge in [0.1, 0.15) is 5.82 Å². The molecule has 8 heteroatoms. The van der Waals surface area contributed by atoms with Gasteiger partial charge in [0.25, 0.3) is 0 Å². The molecule has 0 aromatic heterocycles. The molecular formula is C13H16FN3O3S. The first-order valence-electron chi connectivity index (χ1n) is 6.05. The lowest BCUT2D eigenvalue weighted by molar-refractivity contribution is -0.118. The Labute approximate surface area is 122 Å². The second-order valence-electron chi connectivity index (χ2n) is 4.34. The normalized spacial score (nSPS) is 12.3. The van der Waals surface area contributed by atoms with Gasteiger partial charge in [-0.15, -0.1) is 0 Å². The molecule has 21 heavy (non-hydrogen) atoms. The largest absolute Gasteiger partial charge is 0.370 e. The van der Waals surface area contributed by atoms with Gasteiger partial charge in [-0.25, -0.2) is 17.5 Å². The van der Waals surface area contributed by atoms with E-state index in [1.807, 2.05) is 0 Å². The molecule has 5 N–H and O–H groups in total. The zero-order valence-electron chi connectivity index (χ0n) is 11.4. The molecule has 1 aromatic rings. The number of nitrogens with one attached hydrogen (secondary N) is 1. The number of carbonyl (C=O) groups excluding carboxylic acids is 1. The molecule has 0 saturated carbocycles. The van der Waals surface area contributed by atoms with E-state index in [1.54, 1.807) is 0 Å². The summed E-state index contributed by atoms with van der Waals surface area (Å²) in [5, 5.41) is 0. The van der Waals surface area contributed by atoms with E-state index in [0.717, 1.165) is 18.2 Å². The Morgan fingerprint density at radius 2 is 2.14 bits per heavy atom. The average Bonchev–Trinajstić information content (AvgIpc) is 2.34.